The maximum atomic E-state index is 12.4. The van der Waals surface area contributed by atoms with Crippen molar-refractivity contribution in [2.75, 3.05) is 33.4 Å². The number of rotatable bonds is 6. The standard InChI is InChI=1S/C13H25N3O5S2/c1-15(2)23(20,21)16-9-5-4-6-11(16)10-14-12(17)13(7-8-13)22(3,18)19/h11H,4-10H2,1-3H3,(H,14,17). The molecule has 1 unspecified atom stereocenters. The van der Waals surface area contributed by atoms with Crippen molar-refractivity contribution in [1.29, 1.82) is 0 Å². The van der Waals surface area contributed by atoms with Gasteiger partial charge >= 0.3 is 0 Å². The molecule has 1 heterocycles. The molecule has 23 heavy (non-hydrogen) atoms. The summed E-state index contributed by atoms with van der Waals surface area (Å²) in [6.07, 6.45) is 4.06. The number of sulfone groups is 1. The molecule has 1 atom stereocenters. The van der Waals surface area contributed by atoms with E-state index in [0.717, 1.165) is 23.4 Å². The van der Waals surface area contributed by atoms with Crippen molar-refractivity contribution < 1.29 is 21.6 Å². The Morgan fingerprint density at radius 1 is 1.22 bits per heavy atom. The van der Waals surface area contributed by atoms with Crippen LogP contribution in [-0.2, 0) is 24.8 Å². The number of piperidine rings is 1. The van der Waals surface area contributed by atoms with Crippen LogP contribution in [0.15, 0.2) is 0 Å². The number of nitrogens with one attached hydrogen (secondary N) is 1. The number of amides is 1. The minimum Gasteiger partial charge on any atom is -0.353 e. The summed E-state index contributed by atoms with van der Waals surface area (Å²) >= 11 is 0. The van der Waals surface area contributed by atoms with Gasteiger partial charge in [-0.15, -0.1) is 0 Å². The molecule has 2 rings (SSSR count). The highest BCUT2D eigenvalue weighted by molar-refractivity contribution is 7.93. The summed E-state index contributed by atoms with van der Waals surface area (Å²) in [4.78, 5) is 12.2. The van der Waals surface area contributed by atoms with Crippen LogP contribution in [-0.4, -0.2) is 75.6 Å². The van der Waals surface area contributed by atoms with Gasteiger partial charge in [-0.3, -0.25) is 4.79 Å². The minimum absolute atomic E-state index is 0.142. The quantitative estimate of drug-likeness (QED) is 0.671. The van der Waals surface area contributed by atoms with E-state index in [1.54, 1.807) is 0 Å². The van der Waals surface area contributed by atoms with E-state index in [1.807, 2.05) is 0 Å². The maximum Gasteiger partial charge on any atom is 0.281 e. The lowest BCUT2D eigenvalue weighted by molar-refractivity contribution is -0.121. The normalized spacial score (nSPS) is 25.3. The summed E-state index contributed by atoms with van der Waals surface area (Å²) in [5, 5.41) is 2.66. The van der Waals surface area contributed by atoms with Gasteiger partial charge in [0, 0.05) is 39.5 Å². The predicted octanol–water partition coefficient (Wildman–Crippen LogP) is -0.659. The molecule has 1 amide bonds. The van der Waals surface area contributed by atoms with Gasteiger partial charge in [-0.1, -0.05) is 6.42 Å². The van der Waals surface area contributed by atoms with Gasteiger partial charge in [0.2, 0.25) is 5.91 Å². The lowest BCUT2D eigenvalue weighted by atomic mass is 10.1. The molecule has 0 aromatic rings. The zero-order valence-corrected chi connectivity index (χ0v) is 15.4. The van der Waals surface area contributed by atoms with E-state index in [9.17, 15) is 21.6 Å². The van der Waals surface area contributed by atoms with Crippen LogP contribution < -0.4 is 5.32 Å². The monoisotopic (exact) mass is 367 g/mol. The topological polar surface area (TPSA) is 104 Å². The fourth-order valence-corrected chi connectivity index (χ4v) is 5.53. The first kappa shape index (κ1) is 18.6. The zero-order chi connectivity index (χ0) is 17.5. The zero-order valence-electron chi connectivity index (χ0n) is 13.8. The summed E-state index contributed by atoms with van der Waals surface area (Å²) in [7, 11) is -4.05. The minimum atomic E-state index is -3.55. The first-order valence-corrected chi connectivity index (χ1v) is 11.0. The fraction of sp³-hybridized carbons (Fsp3) is 0.923. The third-order valence-electron chi connectivity index (χ3n) is 4.66. The van der Waals surface area contributed by atoms with Crippen LogP contribution in [0.25, 0.3) is 0 Å². The first-order valence-electron chi connectivity index (χ1n) is 7.69. The second kappa shape index (κ2) is 6.30. The van der Waals surface area contributed by atoms with E-state index in [4.69, 9.17) is 0 Å². The summed E-state index contributed by atoms with van der Waals surface area (Å²) in [5.74, 6) is -0.507. The van der Waals surface area contributed by atoms with Gasteiger partial charge in [-0.05, 0) is 25.7 Å². The summed E-state index contributed by atoms with van der Waals surface area (Å²) < 4.78 is 49.5. The largest absolute Gasteiger partial charge is 0.353 e. The van der Waals surface area contributed by atoms with Crippen molar-refractivity contribution >= 4 is 26.0 Å². The molecular weight excluding hydrogens is 342 g/mol. The number of nitrogens with zero attached hydrogens (tertiary/aromatic N) is 2. The molecule has 1 N–H and O–H groups in total. The molecule has 1 saturated carbocycles. The van der Waals surface area contributed by atoms with Gasteiger partial charge in [0.1, 0.15) is 0 Å². The fourth-order valence-electron chi connectivity index (χ4n) is 2.94. The molecule has 1 saturated heterocycles. The smallest absolute Gasteiger partial charge is 0.281 e. The van der Waals surface area contributed by atoms with Crippen molar-refractivity contribution in [1.82, 2.24) is 13.9 Å². The lowest BCUT2D eigenvalue weighted by Gasteiger charge is -2.36. The third-order valence-corrected chi connectivity index (χ3v) is 8.67. The lowest BCUT2D eigenvalue weighted by Crippen LogP contribution is -2.54. The highest BCUT2D eigenvalue weighted by Gasteiger charge is 2.58. The van der Waals surface area contributed by atoms with Crippen molar-refractivity contribution in [3.8, 4) is 0 Å². The van der Waals surface area contributed by atoms with E-state index < -0.39 is 30.7 Å². The Labute approximate surface area is 138 Å². The van der Waals surface area contributed by atoms with E-state index >= 15 is 0 Å². The SMILES string of the molecule is CN(C)S(=O)(=O)N1CCCCC1CNC(=O)C1(S(C)(=O)=O)CC1. The molecule has 10 heteroatoms. The number of carbonyl (C=O) groups is 1. The van der Waals surface area contributed by atoms with Gasteiger partial charge in [0.25, 0.3) is 10.2 Å². The molecule has 0 aromatic heterocycles. The average Bonchev–Trinajstić information content (AvgIpc) is 3.26. The molecule has 134 valence electrons. The van der Waals surface area contributed by atoms with Gasteiger partial charge in [0.05, 0.1) is 0 Å². The van der Waals surface area contributed by atoms with Crippen LogP contribution in [0.3, 0.4) is 0 Å². The van der Waals surface area contributed by atoms with Crippen LogP contribution in [0.2, 0.25) is 0 Å². The van der Waals surface area contributed by atoms with E-state index in [2.05, 4.69) is 5.32 Å². The highest BCUT2D eigenvalue weighted by atomic mass is 32.2. The average molecular weight is 367 g/mol. The van der Waals surface area contributed by atoms with Crippen LogP contribution in [0.5, 0.6) is 0 Å². The number of carbonyl (C=O) groups excluding carboxylic acids is 1. The molecular formula is C13H25N3O5S2. The maximum absolute atomic E-state index is 12.4. The van der Waals surface area contributed by atoms with Crippen LogP contribution in [0, 0.1) is 0 Å². The van der Waals surface area contributed by atoms with Gasteiger partial charge in [-0.2, -0.15) is 17.0 Å². The second-order valence-electron chi connectivity index (χ2n) is 6.53. The molecule has 8 nitrogen and oxygen atoms in total. The van der Waals surface area contributed by atoms with Gasteiger partial charge in [-0.25, -0.2) is 8.42 Å². The molecule has 0 bridgehead atoms. The Morgan fingerprint density at radius 3 is 2.30 bits per heavy atom. The van der Waals surface area contributed by atoms with E-state index in [1.165, 1.54) is 18.4 Å². The highest BCUT2D eigenvalue weighted by Crippen LogP contribution is 2.43. The molecule has 0 aromatic carbocycles. The van der Waals surface area contributed by atoms with Crippen molar-refractivity contribution in [2.45, 2.75) is 42.9 Å². The molecule has 1 aliphatic heterocycles. The first-order chi connectivity index (χ1) is 10.5. The Bertz CT molecular complexity index is 668. The van der Waals surface area contributed by atoms with Crippen molar-refractivity contribution in [3.05, 3.63) is 0 Å². The number of hydrogen-bond donors (Lipinski definition) is 1. The van der Waals surface area contributed by atoms with Crippen LogP contribution >= 0.6 is 0 Å². The van der Waals surface area contributed by atoms with E-state index in [0.29, 0.717) is 25.8 Å². The number of hydrogen-bond acceptors (Lipinski definition) is 5. The Balaban J connectivity index is 2.05. The third kappa shape index (κ3) is 3.54. The predicted molar refractivity (Wildman–Crippen MR) is 86.8 cm³/mol. The molecule has 0 radical (unpaired) electrons. The Hall–Kier alpha value is -0.710. The van der Waals surface area contributed by atoms with Crippen LogP contribution in [0.1, 0.15) is 32.1 Å². The molecule has 0 spiro atoms. The second-order valence-corrected chi connectivity index (χ2v) is 10.9. The van der Waals surface area contributed by atoms with Crippen LogP contribution in [0.4, 0.5) is 0 Å². The van der Waals surface area contributed by atoms with Crippen molar-refractivity contribution in [2.24, 2.45) is 0 Å². The molecule has 1 aliphatic carbocycles. The Morgan fingerprint density at radius 2 is 1.83 bits per heavy atom. The summed E-state index contributed by atoms with van der Waals surface area (Å²) in [6, 6.07) is -0.338. The summed E-state index contributed by atoms with van der Waals surface area (Å²) in [5.41, 5.74) is 0. The van der Waals surface area contributed by atoms with Gasteiger partial charge < -0.3 is 5.32 Å². The van der Waals surface area contributed by atoms with Crippen molar-refractivity contribution in [3.63, 3.8) is 0 Å². The van der Waals surface area contributed by atoms with E-state index in [-0.39, 0.29) is 12.6 Å². The summed E-state index contributed by atoms with van der Waals surface area (Å²) in [6.45, 7) is 0.557. The van der Waals surface area contributed by atoms with Gasteiger partial charge in [0.15, 0.2) is 14.6 Å². The Kier molecular flexibility index (Phi) is 5.10. The molecule has 2 fully saturated rings. The molecule has 2 aliphatic rings.